The molecule has 1 heterocycles. The maximum absolute atomic E-state index is 12.5. The SMILES string of the molecule is O=C(O)C1CCC2CCCCC2N1C(=O)NCCC1CC1. The van der Waals surface area contributed by atoms with Gasteiger partial charge in [-0.3, -0.25) is 0 Å². The fraction of sp³-hybridized carbons (Fsp3) is 0.875. The van der Waals surface area contributed by atoms with Crippen LogP contribution in [-0.2, 0) is 4.79 Å². The molecule has 0 spiro atoms. The number of piperidine rings is 1. The molecule has 0 aromatic carbocycles. The van der Waals surface area contributed by atoms with Gasteiger partial charge in [-0.15, -0.1) is 0 Å². The van der Waals surface area contributed by atoms with E-state index in [0.29, 0.717) is 18.9 Å². The molecule has 3 aliphatic rings. The van der Waals surface area contributed by atoms with E-state index in [4.69, 9.17) is 0 Å². The summed E-state index contributed by atoms with van der Waals surface area (Å²) in [7, 11) is 0. The third-order valence-electron chi connectivity index (χ3n) is 5.42. The van der Waals surface area contributed by atoms with Gasteiger partial charge in [-0.05, 0) is 43.9 Å². The molecule has 5 heteroatoms. The number of aliphatic carboxylic acids is 1. The summed E-state index contributed by atoms with van der Waals surface area (Å²) in [4.78, 5) is 25.7. The van der Waals surface area contributed by atoms with Crippen molar-refractivity contribution in [3.63, 3.8) is 0 Å². The topological polar surface area (TPSA) is 69.6 Å². The van der Waals surface area contributed by atoms with Crippen LogP contribution < -0.4 is 5.32 Å². The van der Waals surface area contributed by atoms with Crippen molar-refractivity contribution in [2.45, 2.75) is 69.9 Å². The molecule has 2 aliphatic carbocycles. The summed E-state index contributed by atoms with van der Waals surface area (Å²) in [5.74, 6) is 0.434. The van der Waals surface area contributed by atoms with Crippen LogP contribution >= 0.6 is 0 Å². The zero-order chi connectivity index (χ0) is 14.8. The average Bonchev–Trinajstić information content (AvgIpc) is 3.30. The Bertz CT molecular complexity index is 408. The van der Waals surface area contributed by atoms with Gasteiger partial charge in [0.15, 0.2) is 0 Å². The first-order valence-electron chi connectivity index (χ1n) is 8.46. The van der Waals surface area contributed by atoms with Crippen molar-refractivity contribution >= 4 is 12.0 Å². The summed E-state index contributed by atoms with van der Waals surface area (Å²) in [6.07, 6.45) is 9.58. The molecule has 2 amide bonds. The molecule has 5 nitrogen and oxygen atoms in total. The molecule has 0 aromatic heterocycles. The number of carbonyl (C=O) groups is 2. The number of hydrogen-bond acceptors (Lipinski definition) is 2. The number of carboxylic acids is 1. The number of carboxylic acid groups (broad SMARTS) is 1. The first-order valence-corrected chi connectivity index (χ1v) is 8.46. The normalized spacial score (nSPS) is 32.4. The minimum Gasteiger partial charge on any atom is -0.480 e. The second kappa shape index (κ2) is 6.24. The summed E-state index contributed by atoms with van der Waals surface area (Å²) in [5.41, 5.74) is 0. The summed E-state index contributed by atoms with van der Waals surface area (Å²) in [5, 5.41) is 12.4. The highest BCUT2D eigenvalue weighted by Gasteiger charge is 2.43. The third kappa shape index (κ3) is 3.33. The number of carbonyl (C=O) groups excluding carboxylic acids is 1. The number of nitrogens with one attached hydrogen (secondary N) is 1. The number of rotatable bonds is 4. The van der Waals surface area contributed by atoms with Crippen LogP contribution in [0.3, 0.4) is 0 Å². The van der Waals surface area contributed by atoms with E-state index in [2.05, 4.69) is 5.32 Å². The third-order valence-corrected chi connectivity index (χ3v) is 5.42. The van der Waals surface area contributed by atoms with E-state index in [1.807, 2.05) is 0 Å². The maximum Gasteiger partial charge on any atom is 0.326 e. The summed E-state index contributed by atoms with van der Waals surface area (Å²) >= 11 is 0. The fourth-order valence-electron chi connectivity index (χ4n) is 4.05. The largest absolute Gasteiger partial charge is 0.480 e. The molecule has 1 aliphatic heterocycles. The summed E-state index contributed by atoms with van der Waals surface area (Å²) < 4.78 is 0. The Labute approximate surface area is 126 Å². The van der Waals surface area contributed by atoms with Crippen LogP contribution in [0.5, 0.6) is 0 Å². The summed E-state index contributed by atoms with van der Waals surface area (Å²) in [6.45, 7) is 0.684. The van der Waals surface area contributed by atoms with Gasteiger partial charge in [-0.1, -0.05) is 25.7 Å². The molecule has 3 rings (SSSR count). The lowest BCUT2D eigenvalue weighted by Gasteiger charge is -2.47. The lowest BCUT2D eigenvalue weighted by Crippen LogP contribution is -2.60. The van der Waals surface area contributed by atoms with Crippen molar-refractivity contribution in [2.24, 2.45) is 11.8 Å². The minimum atomic E-state index is -0.851. The van der Waals surface area contributed by atoms with Crippen LogP contribution in [0.25, 0.3) is 0 Å². The van der Waals surface area contributed by atoms with Crippen molar-refractivity contribution in [1.82, 2.24) is 10.2 Å². The molecular formula is C16H26N2O3. The van der Waals surface area contributed by atoms with Gasteiger partial charge >= 0.3 is 12.0 Å². The molecule has 21 heavy (non-hydrogen) atoms. The van der Waals surface area contributed by atoms with E-state index < -0.39 is 12.0 Å². The average molecular weight is 294 g/mol. The second-order valence-electron chi connectivity index (χ2n) is 6.91. The van der Waals surface area contributed by atoms with Crippen molar-refractivity contribution in [3.8, 4) is 0 Å². The Hall–Kier alpha value is -1.26. The molecule has 3 unspecified atom stereocenters. The predicted octanol–water partition coefficient (Wildman–Crippen LogP) is 2.60. The maximum atomic E-state index is 12.5. The molecule has 0 aromatic rings. The molecular weight excluding hydrogens is 268 g/mol. The van der Waals surface area contributed by atoms with Crippen molar-refractivity contribution in [2.75, 3.05) is 6.54 Å². The Kier molecular flexibility index (Phi) is 4.36. The number of fused-ring (bicyclic) bond motifs is 1. The quantitative estimate of drug-likeness (QED) is 0.837. The van der Waals surface area contributed by atoms with Gasteiger partial charge in [0.05, 0.1) is 0 Å². The zero-order valence-electron chi connectivity index (χ0n) is 12.6. The fourth-order valence-corrected chi connectivity index (χ4v) is 4.05. The Morgan fingerprint density at radius 1 is 1.05 bits per heavy atom. The first-order chi connectivity index (χ1) is 10.2. The van der Waals surface area contributed by atoms with Crippen LogP contribution in [0.2, 0.25) is 0 Å². The number of nitrogens with zero attached hydrogens (tertiary/aromatic N) is 1. The monoisotopic (exact) mass is 294 g/mol. The van der Waals surface area contributed by atoms with Crippen LogP contribution in [-0.4, -0.2) is 40.6 Å². The Morgan fingerprint density at radius 2 is 1.81 bits per heavy atom. The van der Waals surface area contributed by atoms with Gasteiger partial charge in [0.25, 0.3) is 0 Å². The Balaban J connectivity index is 1.65. The highest BCUT2D eigenvalue weighted by atomic mass is 16.4. The van der Waals surface area contributed by atoms with Gasteiger partial charge in [0.2, 0.25) is 0 Å². The van der Waals surface area contributed by atoms with E-state index in [9.17, 15) is 14.7 Å². The summed E-state index contributed by atoms with van der Waals surface area (Å²) in [6, 6.07) is -0.653. The van der Waals surface area contributed by atoms with Crippen molar-refractivity contribution in [1.29, 1.82) is 0 Å². The van der Waals surface area contributed by atoms with Gasteiger partial charge in [0, 0.05) is 12.6 Å². The van der Waals surface area contributed by atoms with Crippen LogP contribution in [0, 0.1) is 11.8 Å². The van der Waals surface area contributed by atoms with E-state index in [-0.39, 0.29) is 12.1 Å². The van der Waals surface area contributed by atoms with Gasteiger partial charge in [-0.2, -0.15) is 0 Å². The van der Waals surface area contributed by atoms with Gasteiger partial charge in [0.1, 0.15) is 6.04 Å². The molecule has 0 radical (unpaired) electrons. The minimum absolute atomic E-state index is 0.134. The number of hydrogen-bond donors (Lipinski definition) is 2. The van der Waals surface area contributed by atoms with Gasteiger partial charge < -0.3 is 15.3 Å². The van der Waals surface area contributed by atoms with E-state index in [1.54, 1.807) is 4.90 Å². The molecule has 2 N–H and O–H groups in total. The lowest BCUT2D eigenvalue weighted by molar-refractivity contribution is -0.145. The van der Waals surface area contributed by atoms with E-state index >= 15 is 0 Å². The molecule has 1 saturated heterocycles. The van der Waals surface area contributed by atoms with E-state index in [0.717, 1.165) is 38.0 Å². The zero-order valence-corrected chi connectivity index (χ0v) is 12.6. The highest BCUT2D eigenvalue weighted by molar-refractivity contribution is 5.83. The molecule has 3 fully saturated rings. The van der Waals surface area contributed by atoms with Gasteiger partial charge in [-0.25, -0.2) is 9.59 Å². The van der Waals surface area contributed by atoms with Crippen molar-refractivity contribution in [3.05, 3.63) is 0 Å². The van der Waals surface area contributed by atoms with E-state index in [1.165, 1.54) is 19.3 Å². The number of amides is 2. The standard InChI is InChI=1S/C16H26N2O3/c19-15(20)14-8-7-12-3-1-2-4-13(12)18(14)16(21)17-10-9-11-5-6-11/h11-14H,1-10H2,(H,17,21)(H,19,20). The predicted molar refractivity (Wildman–Crippen MR) is 79.0 cm³/mol. The first kappa shape index (κ1) is 14.7. The molecule has 3 atom stereocenters. The number of urea groups is 1. The van der Waals surface area contributed by atoms with Crippen LogP contribution in [0.4, 0.5) is 4.79 Å². The second-order valence-corrected chi connectivity index (χ2v) is 6.91. The van der Waals surface area contributed by atoms with Crippen molar-refractivity contribution < 1.29 is 14.7 Å². The molecule has 0 bridgehead atoms. The van der Waals surface area contributed by atoms with Crippen LogP contribution in [0.1, 0.15) is 57.8 Å². The highest BCUT2D eigenvalue weighted by Crippen LogP contribution is 2.38. The number of likely N-dealkylation sites (tertiary alicyclic amines) is 1. The smallest absolute Gasteiger partial charge is 0.326 e. The molecule has 118 valence electrons. The van der Waals surface area contributed by atoms with Crippen LogP contribution in [0.15, 0.2) is 0 Å². The molecule has 2 saturated carbocycles. The lowest BCUT2D eigenvalue weighted by atomic mass is 9.76. The Morgan fingerprint density at radius 3 is 2.52 bits per heavy atom.